The van der Waals surface area contributed by atoms with Crippen LogP contribution in [-0.2, 0) is 13.1 Å². The third-order valence-corrected chi connectivity index (χ3v) is 5.65. The van der Waals surface area contributed by atoms with E-state index in [1.807, 2.05) is 18.7 Å². The van der Waals surface area contributed by atoms with Gasteiger partial charge in [0.1, 0.15) is 5.56 Å². The lowest BCUT2D eigenvalue weighted by molar-refractivity contribution is 0.0675. The van der Waals surface area contributed by atoms with E-state index < -0.39 is 0 Å². The first-order valence-corrected chi connectivity index (χ1v) is 9.55. The Bertz CT molecular complexity index is 909. The summed E-state index contributed by atoms with van der Waals surface area (Å²) in [5.74, 6) is 0.954. The normalized spacial score (nSPS) is 17.5. The van der Waals surface area contributed by atoms with Crippen molar-refractivity contribution in [3.63, 3.8) is 0 Å². The third kappa shape index (κ3) is 3.36. The maximum atomic E-state index is 12.9. The van der Waals surface area contributed by atoms with Crippen LogP contribution in [0.15, 0.2) is 17.3 Å². The number of ether oxygens (including phenoxy) is 1. The Morgan fingerprint density at radius 2 is 2.04 bits per heavy atom. The van der Waals surface area contributed by atoms with E-state index in [9.17, 15) is 9.59 Å². The molecule has 1 fully saturated rings. The average molecular weight is 371 g/mol. The van der Waals surface area contributed by atoms with Crippen LogP contribution in [0.2, 0.25) is 0 Å². The van der Waals surface area contributed by atoms with Gasteiger partial charge in [0.2, 0.25) is 5.88 Å². The highest BCUT2D eigenvalue weighted by molar-refractivity contribution is 5.96. The molecule has 144 valence electrons. The van der Waals surface area contributed by atoms with Gasteiger partial charge in [0.05, 0.1) is 19.1 Å². The summed E-state index contributed by atoms with van der Waals surface area (Å²) in [7, 11) is 0. The van der Waals surface area contributed by atoms with Crippen molar-refractivity contribution in [1.29, 1.82) is 0 Å². The Labute approximate surface area is 157 Å². The minimum Gasteiger partial charge on any atom is -0.477 e. The second kappa shape index (κ2) is 7.17. The molecule has 0 spiro atoms. The first-order valence-electron chi connectivity index (χ1n) is 9.55. The Morgan fingerprint density at radius 1 is 1.26 bits per heavy atom. The number of hydrogen-bond donors (Lipinski definition) is 0. The predicted molar refractivity (Wildman–Crippen MR) is 98.9 cm³/mol. The summed E-state index contributed by atoms with van der Waals surface area (Å²) in [6.07, 6.45) is 5.92. The Hall–Kier alpha value is -2.64. The van der Waals surface area contributed by atoms with Crippen molar-refractivity contribution >= 4 is 5.91 Å². The number of carbonyl (C=O) groups is 1. The van der Waals surface area contributed by atoms with Gasteiger partial charge in [-0.2, -0.15) is 5.10 Å². The molecule has 0 atom stereocenters. The molecule has 2 aliphatic rings. The van der Waals surface area contributed by atoms with Crippen LogP contribution >= 0.6 is 0 Å². The molecule has 4 heterocycles. The van der Waals surface area contributed by atoms with Gasteiger partial charge in [-0.15, -0.1) is 0 Å². The summed E-state index contributed by atoms with van der Waals surface area (Å²) in [4.78, 5) is 31.4. The number of aromatic nitrogens is 4. The molecule has 1 saturated heterocycles. The number of fused-ring (bicyclic) bond motifs is 1. The highest BCUT2D eigenvalue weighted by Gasteiger charge is 2.29. The molecule has 0 aromatic carbocycles. The van der Waals surface area contributed by atoms with E-state index in [-0.39, 0.29) is 11.5 Å². The van der Waals surface area contributed by atoms with Gasteiger partial charge in [0.15, 0.2) is 0 Å². The van der Waals surface area contributed by atoms with Crippen molar-refractivity contribution in [2.75, 3.05) is 19.7 Å². The predicted octanol–water partition coefficient (Wildman–Crippen LogP) is 1.39. The molecular formula is C19H25N5O3. The molecule has 2 aromatic heterocycles. The summed E-state index contributed by atoms with van der Waals surface area (Å²) in [6.45, 7) is 7.11. The fraction of sp³-hybridized carbons (Fsp3) is 0.579. The topological polar surface area (TPSA) is 82.2 Å². The van der Waals surface area contributed by atoms with E-state index in [0.29, 0.717) is 49.2 Å². The molecule has 4 rings (SSSR count). The van der Waals surface area contributed by atoms with Gasteiger partial charge in [-0.25, -0.2) is 9.67 Å². The van der Waals surface area contributed by atoms with Crippen LogP contribution in [0.3, 0.4) is 0 Å². The molecule has 0 N–H and O–H groups in total. The number of piperidine rings is 1. The molecule has 2 aliphatic heterocycles. The lowest BCUT2D eigenvalue weighted by atomic mass is 9.96. The maximum absolute atomic E-state index is 12.9. The summed E-state index contributed by atoms with van der Waals surface area (Å²) in [5, 5.41) is 4.27. The minimum absolute atomic E-state index is 0.0124. The number of amides is 1. The highest BCUT2D eigenvalue weighted by Crippen LogP contribution is 2.26. The van der Waals surface area contributed by atoms with Crippen molar-refractivity contribution in [1.82, 2.24) is 24.2 Å². The number of carbonyl (C=O) groups excluding carboxylic acids is 1. The summed E-state index contributed by atoms with van der Waals surface area (Å²) in [5.41, 5.74) is 2.08. The van der Waals surface area contributed by atoms with Crippen LogP contribution in [0.4, 0.5) is 0 Å². The molecule has 8 heteroatoms. The molecule has 8 nitrogen and oxygen atoms in total. The fourth-order valence-electron chi connectivity index (χ4n) is 3.79. The molecule has 27 heavy (non-hydrogen) atoms. The molecule has 0 unspecified atom stereocenters. The van der Waals surface area contributed by atoms with Gasteiger partial charge in [-0.3, -0.25) is 14.2 Å². The molecule has 0 saturated carbocycles. The van der Waals surface area contributed by atoms with E-state index >= 15 is 0 Å². The van der Waals surface area contributed by atoms with Crippen molar-refractivity contribution in [2.24, 2.45) is 5.92 Å². The van der Waals surface area contributed by atoms with E-state index in [1.54, 1.807) is 21.8 Å². The quantitative estimate of drug-likeness (QED) is 0.814. The Morgan fingerprint density at radius 3 is 2.81 bits per heavy atom. The van der Waals surface area contributed by atoms with Crippen molar-refractivity contribution in [2.45, 2.75) is 46.2 Å². The van der Waals surface area contributed by atoms with Crippen LogP contribution in [0, 0.1) is 19.8 Å². The molecular weight excluding hydrogens is 346 g/mol. The van der Waals surface area contributed by atoms with Crippen LogP contribution in [0.1, 0.15) is 40.9 Å². The van der Waals surface area contributed by atoms with Crippen LogP contribution < -0.4 is 10.3 Å². The number of aryl methyl sites for hydroxylation is 2. The molecule has 0 radical (unpaired) electrons. The average Bonchev–Trinajstić information content (AvgIpc) is 3.12. The van der Waals surface area contributed by atoms with Gasteiger partial charge in [0.25, 0.3) is 11.5 Å². The van der Waals surface area contributed by atoms with E-state index in [4.69, 9.17) is 4.74 Å². The number of nitrogens with zero attached hydrogens (tertiary/aromatic N) is 5. The molecule has 0 bridgehead atoms. The summed E-state index contributed by atoms with van der Waals surface area (Å²) in [6, 6.07) is 0. The number of likely N-dealkylation sites (tertiary alicyclic amines) is 1. The molecule has 2 aromatic rings. The van der Waals surface area contributed by atoms with Crippen molar-refractivity contribution < 1.29 is 9.53 Å². The summed E-state index contributed by atoms with van der Waals surface area (Å²) < 4.78 is 9.12. The standard InChI is InChI=1S/C19H25N5O3/c1-13-14(2)20-12-23(17(13)25)11-15-4-7-22(8-5-15)18(26)16-10-21-24-6-3-9-27-19(16)24/h10,12,15H,3-9,11H2,1-2H3. The minimum atomic E-state index is -0.0124. The number of hydrogen-bond acceptors (Lipinski definition) is 5. The van der Waals surface area contributed by atoms with Crippen LogP contribution in [-0.4, -0.2) is 49.8 Å². The fourth-order valence-corrected chi connectivity index (χ4v) is 3.79. The lowest BCUT2D eigenvalue weighted by Gasteiger charge is -2.32. The van der Waals surface area contributed by atoms with Gasteiger partial charge >= 0.3 is 0 Å². The number of rotatable bonds is 3. The van der Waals surface area contributed by atoms with Gasteiger partial charge in [-0.1, -0.05) is 0 Å². The van der Waals surface area contributed by atoms with E-state index in [2.05, 4.69) is 10.1 Å². The zero-order valence-electron chi connectivity index (χ0n) is 15.8. The first-order chi connectivity index (χ1) is 13.0. The Balaban J connectivity index is 1.39. The first kappa shape index (κ1) is 17.8. The van der Waals surface area contributed by atoms with Crippen molar-refractivity contribution in [3.05, 3.63) is 39.7 Å². The molecule has 1 amide bonds. The van der Waals surface area contributed by atoms with E-state index in [0.717, 1.165) is 31.5 Å². The Kier molecular flexibility index (Phi) is 4.72. The monoisotopic (exact) mass is 371 g/mol. The van der Waals surface area contributed by atoms with Crippen LogP contribution in [0.5, 0.6) is 5.88 Å². The zero-order valence-corrected chi connectivity index (χ0v) is 15.8. The summed E-state index contributed by atoms with van der Waals surface area (Å²) >= 11 is 0. The van der Waals surface area contributed by atoms with Crippen LogP contribution in [0.25, 0.3) is 0 Å². The van der Waals surface area contributed by atoms with Crippen molar-refractivity contribution in [3.8, 4) is 5.88 Å². The van der Waals surface area contributed by atoms with Gasteiger partial charge in [-0.05, 0) is 32.6 Å². The smallest absolute Gasteiger partial charge is 0.260 e. The van der Waals surface area contributed by atoms with Gasteiger partial charge in [0, 0.05) is 43.9 Å². The third-order valence-electron chi connectivity index (χ3n) is 5.65. The largest absolute Gasteiger partial charge is 0.477 e. The van der Waals surface area contributed by atoms with E-state index in [1.165, 1.54) is 0 Å². The highest BCUT2D eigenvalue weighted by atomic mass is 16.5. The van der Waals surface area contributed by atoms with Gasteiger partial charge < -0.3 is 9.64 Å². The SMILES string of the molecule is Cc1ncn(CC2CCN(C(=O)c3cnn4c3OCCC4)CC2)c(=O)c1C. The second-order valence-corrected chi connectivity index (χ2v) is 7.44. The zero-order chi connectivity index (χ0) is 19.0. The lowest BCUT2D eigenvalue weighted by Crippen LogP contribution is -2.40. The maximum Gasteiger partial charge on any atom is 0.260 e. The molecule has 0 aliphatic carbocycles. The second-order valence-electron chi connectivity index (χ2n) is 7.44.